The molecule has 0 spiro atoms. The molecule has 0 unspecified atom stereocenters. The van der Waals surface area contributed by atoms with Gasteiger partial charge in [-0.25, -0.2) is 0 Å². The van der Waals surface area contributed by atoms with Crippen molar-refractivity contribution in [3.63, 3.8) is 0 Å². The van der Waals surface area contributed by atoms with Crippen LogP contribution in [0.2, 0.25) is 0 Å². The second-order valence-corrected chi connectivity index (χ2v) is 4.92. The first kappa shape index (κ1) is 12.9. The summed E-state index contributed by atoms with van der Waals surface area (Å²) in [7, 11) is 0. The van der Waals surface area contributed by atoms with Crippen LogP contribution in [0, 0.1) is 5.92 Å². The molecular weight excluding hydrogens is 226 g/mol. The second-order valence-electron chi connectivity index (χ2n) is 4.92. The predicted octanol–water partition coefficient (Wildman–Crippen LogP) is 1.35. The highest BCUT2D eigenvalue weighted by atomic mass is 16.1. The number of amides is 1. The summed E-state index contributed by atoms with van der Waals surface area (Å²) in [5, 5.41) is 0. The van der Waals surface area contributed by atoms with Crippen molar-refractivity contribution in [1.82, 2.24) is 0 Å². The first-order valence-corrected chi connectivity index (χ1v) is 6.55. The van der Waals surface area contributed by atoms with Gasteiger partial charge in [0.25, 0.3) is 0 Å². The zero-order valence-electron chi connectivity index (χ0n) is 10.6. The maximum atomic E-state index is 11.0. The van der Waals surface area contributed by atoms with E-state index < -0.39 is 0 Å². The fourth-order valence-electron chi connectivity index (χ4n) is 2.55. The van der Waals surface area contributed by atoms with Gasteiger partial charge in [0.1, 0.15) is 0 Å². The van der Waals surface area contributed by atoms with E-state index in [0.717, 1.165) is 32.0 Å². The highest BCUT2D eigenvalue weighted by molar-refractivity contribution is 5.93. The molecule has 4 nitrogen and oxygen atoms in total. The van der Waals surface area contributed by atoms with Crippen LogP contribution in [-0.4, -0.2) is 25.5 Å². The topological polar surface area (TPSA) is 72.3 Å². The zero-order chi connectivity index (χ0) is 13.0. The third kappa shape index (κ3) is 3.01. The van der Waals surface area contributed by atoms with Gasteiger partial charge >= 0.3 is 0 Å². The molecule has 1 aromatic rings. The average molecular weight is 247 g/mol. The van der Waals surface area contributed by atoms with Gasteiger partial charge in [-0.05, 0) is 56.0 Å². The maximum Gasteiger partial charge on any atom is 0.248 e. The number of nitrogens with zero attached hydrogens (tertiary/aromatic N) is 1. The van der Waals surface area contributed by atoms with E-state index in [0.29, 0.717) is 5.56 Å². The SMILES string of the molecule is NCCC1CCN(c2ccc(C(N)=O)cc2)CC1. The fourth-order valence-corrected chi connectivity index (χ4v) is 2.55. The molecule has 98 valence electrons. The molecule has 1 aliphatic rings. The minimum atomic E-state index is -0.372. The quantitative estimate of drug-likeness (QED) is 0.843. The van der Waals surface area contributed by atoms with Crippen molar-refractivity contribution >= 4 is 11.6 Å². The number of hydrogen-bond donors (Lipinski definition) is 2. The number of benzene rings is 1. The lowest BCUT2D eigenvalue weighted by Crippen LogP contribution is -2.34. The average Bonchev–Trinajstić information content (AvgIpc) is 2.40. The van der Waals surface area contributed by atoms with Crippen LogP contribution in [0.1, 0.15) is 29.6 Å². The number of primary amides is 1. The molecule has 18 heavy (non-hydrogen) atoms. The molecule has 0 saturated carbocycles. The molecule has 1 saturated heterocycles. The molecule has 0 atom stereocenters. The normalized spacial score (nSPS) is 16.8. The molecule has 2 rings (SSSR count). The van der Waals surface area contributed by atoms with Crippen molar-refractivity contribution in [3.8, 4) is 0 Å². The van der Waals surface area contributed by atoms with Gasteiger partial charge in [0.15, 0.2) is 0 Å². The van der Waals surface area contributed by atoms with Gasteiger partial charge in [0.05, 0.1) is 0 Å². The molecule has 1 heterocycles. The van der Waals surface area contributed by atoms with Gasteiger partial charge in [0, 0.05) is 24.3 Å². The van der Waals surface area contributed by atoms with Crippen LogP contribution < -0.4 is 16.4 Å². The number of nitrogens with two attached hydrogens (primary N) is 2. The van der Waals surface area contributed by atoms with Gasteiger partial charge < -0.3 is 16.4 Å². The minimum Gasteiger partial charge on any atom is -0.372 e. The van der Waals surface area contributed by atoms with Crippen LogP contribution >= 0.6 is 0 Å². The van der Waals surface area contributed by atoms with E-state index in [1.165, 1.54) is 18.5 Å². The van der Waals surface area contributed by atoms with Gasteiger partial charge in [-0.2, -0.15) is 0 Å². The van der Waals surface area contributed by atoms with Crippen molar-refractivity contribution in [2.75, 3.05) is 24.5 Å². The van der Waals surface area contributed by atoms with Crippen molar-refractivity contribution in [3.05, 3.63) is 29.8 Å². The Balaban J connectivity index is 1.95. The molecule has 0 aromatic heterocycles. The third-order valence-corrected chi connectivity index (χ3v) is 3.71. The Morgan fingerprint density at radius 1 is 1.22 bits per heavy atom. The van der Waals surface area contributed by atoms with Gasteiger partial charge in [-0.1, -0.05) is 0 Å². The second kappa shape index (κ2) is 5.87. The highest BCUT2D eigenvalue weighted by Crippen LogP contribution is 2.24. The summed E-state index contributed by atoms with van der Waals surface area (Å²) in [4.78, 5) is 13.4. The standard InChI is InChI=1S/C14H21N3O/c15-8-5-11-6-9-17(10-7-11)13-3-1-12(2-4-13)14(16)18/h1-4,11H,5-10,15H2,(H2,16,18). The predicted molar refractivity (Wildman–Crippen MR) is 73.6 cm³/mol. The van der Waals surface area contributed by atoms with E-state index in [-0.39, 0.29) is 5.91 Å². The molecule has 1 aromatic carbocycles. The molecule has 0 radical (unpaired) electrons. The lowest BCUT2D eigenvalue weighted by molar-refractivity contribution is 0.100. The lowest BCUT2D eigenvalue weighted by Gasteiger charge is -2.33. The van der Waals surface area contributed by atoms with Crippen LogP contribution in [0.5, 0.6) is 0 Å². The molecule has 4 heteroatoms. The number of anilines is 1. The fraction of sp³-hybridized carbons (Fsp3) is 0.500. The van der Waals surface area contributed by atoms with Crippen molar-refractivity contribution < 1.29 is 4.79 Å². The first-order valence-electron chi connectivity index (χ1n) is 6.55. The lowest BCUT2D eigenvalue weighted by atomic mass is 9.93. The number of rotatable bonds is 4. The summed E-state index contributed by atoms with van der Waals surface area (Å²) < 4.78 is 0. The van der Waals surface area contributed by atoms with Gasteiger partial charge in [-0.15, -0.1) is 0 Å². The summed E-state index contributed by atoms with van der Waals surface area (Å²) in [6.07, 6.45) is 3.54. The third-order valence-electron chi connectivity index (χ3n) is 3.71. The highest BCUT2D eigenvalue weighted by Gasteiger charge is 2.18. The Morgan fingerprint density at radius 3 is 2.33 bits per heavy atom. The minimum absolute atomic E-state index is 0.372. The Labute approximate surface area is 108 Å². The molecule has 4 N–H and O–H groups in total. The molecule has 1 aliphatic heterocycles. The Hall–Kier alpha value is -1.55. The van der Waals surface area contributed by atoms with Crippen LogP contribution in [-0.2, 0) is 0 Å². The number of carbonyl (C=O) groups excluding carboxylic acids is 1. The van der Waals surface area contributed by atoms with Crippen LogP contribution in [0.15, 0.2) is 24.3 Å². The summed E-state index contributed by atoms with van der Waals surface area (Å²) in [5.41, 5.74) is 12.6. The van der Waals surface area contributed by atoms with E-state index in [1.807, 2.05) is 12.1 Å². The molecular formula is C14H21N3O. The first-order chi connectivity index (χ1) is 8.70. The largest absolute Gasteiger partial charge is 0.372 e. The zero-order valence-corrected chi connectivity index (χ0v) is 10.6. The molecule has 0 bridgehead atoms. The van der Waals surface area contributed by atoms with Crippen LogP contribution in [0.4, 0.5) is 5.69 Å². The molecule has 1 fully saturated rings. The summed E-state index contributed by atoms with van der Waals surface area (Å²) in [6.45, 7) is 2.93. The van der Waals surface area contributed by atoms with Gasteiger partial charge in [-0.3, -0.25) is 4.79 Å². The van der Waals surface area contributed by atoms with E-state index in [9.17, 15) is 4.79 Å². The Bertz CT molecular complexity index is 394. The van der Waals surface area contributed by atoms with E-state index in [1.54, 1.807) is 12.1 Å². The maximum absolute atomic E-state index is 11.0. The monoisotopic (exact) mass is 247 g/mol. The van der Waals surface area contributed by atoms with E-state index in [4.69, 9.17) is 11.5 Å². The molecule has 0 aliphatic carbocycles. The van der Waals surface area contributed by atoms with Crippen molar-refractivity contribution in [1.29, 1.82) is 0 Å². The van der Waals surface area contributed by atoms with Gasteiger partial charge in [0.2, 0.25) is 5.91 Å². The number of piperidine rings is 1. The van der Waals surface area contributed by atoms with Crippen molar-refractivity contribution in [2.45, 2.75) is 19.3 Å². The van der Waals surface area contributed by atoms with E-state index in [2.05, 4.69) is 4.90 Å². The van der Waals surface area contributed by atoms with Crippen molar-refractivity contribution in [2.24, 2.45) is 17.4 Å². The number of hydrogen-bond acceptors (Lipinski definition) is 3. The Kier molecular flexibility index (Phi) is 4.20. The van der Waals surface area contributed by atoms with Crippen LogP contribution in [0.25, 0.3) is 0 Å². The smallest absolute Gasteiger partial charge is 0.248 e. The van der Waals surface area contributed by atoms with Crippen LogP contribution in [0.3, 0.4) is 0 Å². The summed E-state index contributed by atoms with van der Waals surface area (Å²) in [5.74, 6) is 0.402. The summed E-state index contributed by atoms with van der Waals surface area (Å²) >= 11 is 0. The van der Waals surface area contributed by atoms with E-state index >= 15 is 0 Å². The molecule has 1 amide bonds. The number of carbonyl (C=O) groups is 1. The summed E-state index contributed by atoms with van der Waals surface area (Å²) in [6, 6.07) is 7.54. The Morgan fingerprint density at radius 2 is 1.83 bits per heavy atom.